The van der Waals surface area contributed by atoms with Crippen LogP contribution >= 0.6 is 0 Å². The Morgan fingerprint density at radius 2 is 1.23 bits per heavy atom. The van der Waals surface area contributed by atoms with E-state index in [1.807, 2.05) is 0 Å². The molecule has 0 aliphatic carbocycles. The number of allylic oxidation sites excluding steroid dienone is 1. The zero-order valence-electron chi connectivity index (χ0n) is 13.8. The Bertz CT molecular complexity index is 1050. The van der Waals surface area contributed by atoms with Crippen molar-refractivity contribution in [3.05, 3.63) is 65.2 Å². The molecule has 0 fully saturated rings. The molecule has 132 valence electrons. The fourth-order valence-corrected chi connectivity index (χ4v) is 3.23. The van der Waals surface area contributed by atoms with Crippen molar-refractivity contribution in [1.29, 1.82) is 0 Å². The van der Waals surface area contributed by atoms with Gasteiger partial charge < -0.3 is 9.11 Å². The van der Waals surface area contributed by atoms with Crippen LogP contribution in [0, 0.1) is 0 Å². The molecule has 2 aromatic rings. The first-order chi connectivity index (χ1) is 11.6. The van der Waals surface area contributed by atoms with Crippen LogP contribution in [-0.2, 0) is 20.2 Å². The van der Waals surface area contributed by atoms with Gasteiger partial charge in [0, 0.05) is 0 Å². The van der Waals surface area contributed by atoms with Gasteiger partial charge in [-0.25, -0.2) is 16.8 Å². The molecular weight excluding hydrogens is 404 g/mol. The first-order valence-electron chi connectivity index (χ1n) is 7.07. The maximum Gasteiger partial charge on any atom is 2.00 e. The van der Waals surface area contributed by atoms with Crippen LogP contribution in [0.25, 0.3) is 18.2 Å². The Morgan fingerprint density at radius 1 is 0.731 bits per heavy atom. The number of benzene rings is 2. The van der Waals surface area contributed by atoms with Gasteiger partial charge in [0.2, 0.25) is 0 Å². The van der Waals surface area contributed by atoms with Crippen LogP contribution < -0.4 is 0 Å². The summed E-state index contributed by atoms with van der Waals surface area (Å²) in [4.78, 5) is -0.723. The second-order valence-electron chi connectivity index (χ2n) is 5.15. The third-order valence-corrected chi connectivity index (χ3v) is 4.86. The Morgan fingerprint density at radius 3 is 1.77 bits per heavy atom. The van der Waals surface area contributed by atoms with Crippen LogP contribution in [0.15, 0.2) is 58.3 Å². The molecule has 0 N–H and O–H groups in total. The minimum atomic E-state index is -4.61. The van der Waals surface area contributed by atoms with Gasteiger partial charge in [-0.05, 0) is 53.9 Å². The standard InChI is InChI=1S/C17H16O6S2.Ca/c1-2-4-14-9-15(12-17(11-14)25(21,22)23)8-7-13-5-3-6-16(10-13)24(18,19)20;/h2-12H,1H3,(H,18,19,20)(H,21,22,23);/q;+2/p-2. The predicted molar refractivity (Wildman–Crippen MR) is 98.2 cm³/mol. The molecule has 0 aliphatic heterocycles. The largest absolute Gasteiger partial charge is 2.00 e. The van der Waals surface area contributed by atoms with Crippen molar-refractivity contribution in [2.24, 2.45) is 0 Å². The maximum absolute atomic E-state index is 11.3. The van der Waals surface area contributed by atoms with Gasteiger partial charge in [-0.2, -0.15) is 0 Å². The molecule has 0 saturated carbocycles. The van der Waals surface area contributed by atoms with E-state index in [-0.39, 0.29) is 47.5 Å². The number of rotatable bonds is 5. The molecular formula is C17H14CaO6S2. The summed E-state index contributed by atoms with van der Waals surface area (Å²) in [6, 6.07) is 9.57. The first-order valence-corrected chi connectivity index (χ1v) is 9.89. The van der Waals surface area contributed by atoms with E-state index in [2.05, 4.69) is 0 Å². The summed E-state index contributed by atoms with van der Waals surface area (Å²) in [6.45, 7) is 1.75. The molecule has 0 spiro atoms. The van der Waals surface area contributed by atoms with E-state index in [9.17, 15) is 25.9 Å². The van der Waals surface area contributed by atoms with Gasteiger partial charge in [-0.3, -0.25) is 0 Å². The third-order valence-electron chi connectivity index (χ3n) is 3.21. The van der Waals surface area contributed by atoms with Crippen molar-refractivity contribution < 1.29 is 25.9 Å². The van der Waals surface area contributed by atoms with Crippen molar-refractivity contribution in [3.8, 4) is 0 Å². The van der Waals surface area contributed by atoms with Crippen LogP contribution in [0.1, 0.15) is 23.6 Å². The Balaban J connectivity index is 0.00000338. The van der Waals surface area contributed by atoms with Crippen LogP contribution in [0.4, 0.5) is 0 Å². The quantitative estimate of drug-likeness (QED) is 0.418. The van der Waals surface area contributed by atoms with E-state index in [1.54, 1.807) is 31.2 Å². The molecule has 2 rings (SSSR count). The van der Waals surface area contributed by atoms with Gasteiger partial charge in [0.05, 0.1) is 9.79 Å². The van der Waals surface area contributed by atoms with Crippen LogP contribution in [0.3, 0.4) is 0 Å². The minimum absolute atomic E-state index is 0. The van der Waals surface area contributed by atoms with Gasteiger partial charge in [0.1, 0.15) is 20.2 Å². The van der Waals surface area contributed by atoms with Crippen LogP contribution in [-0.4, -0.2) is 63.7 Å². The Hall–Kier alpha value is -1.00. The monoisotopic (exact) mass is 418 g/mol. The van der Waals surface area contributed by atoms with Gasteiger partial charge >= 0.3 is 37.7 Å². The zero-order valence-corrected chi connectivity index (χ0v) is 17.7. The van der Waals surface area contributed by atoms with Crippen molar-refractivity contribution >= 4 is 76.2 Å². The zero-order chi connectivity index (χ0) is 18.7. The molecule has 2 aromatic carbocycles. The topological polar surface area (TPSA) is 114 Å². The molecule has 6 nitrogen and oxygen atoms in total. The van der Waals surface area contributed by atoms with E-state index in [0.717, 1.165) is 0 Å². The fraction of sp³-hybridized carbons (Fsp3) is 0.0588. The summed E-state index contributed by atoms with van der Waals surface area (Å²) in [5.74, 6) is 0. The van der Waals surface area contributed by atoms with Crippen molar-refractivity contribution in [2.45, 2.75) is 16.7 Å². The second kappa shape index (κ2) is 9.27. The smallest absolute Gasteiger partial charge is 0.744 e. The first kappa shape index (κ1) is 23.0. The number of hydrogen-bond acceptors (Lipinski definition) is 6. The number of hydrogen-bond donors (Lipinski definition) is 0. The summed E-state index contributed by atoms with van der Waals surface area (Å²) in [5.41, 5.74) is 1.43. The van der Waals surface area contributed by atoms with Crippen molar-refractivity contribution in [3.63, 3.8) is 0 Å². The minimum Gasteiger partial charge on any atom is -0.744 e. The summed E-state index contributed by atoms with van der Waals surface area (Å²) in [6.07, 6.45) is 6.39. The molecule has 0 atom stereocenters. The van der Waals surface area contributed by atoms with Gasteiger partial charge in [-0.1, -0.05) is 36.4 Å². The summed E-state index contributed by atoms with van der Waals surface area (Å²) in [5, 5.41) is 0. The molecule has 0 heterocycles. The normalized spacial score (nSPS) is 12.4. The summed E-state index contributed by atoms with van der Waals surface area (Å²) < 4.78 is 66.9. The van der Waals surface area contributed by atoms with E-state index in [1.165, 1.54) is 42.5 Å². The van der Waals surface area contributed by atoms with E-state index in [0.29, 0.717) is 16.7 Å². The van der Waals surface area contributed by atoms with Crippen molar-refractivity contribution in [2.75, 3.05) is 0 Å². The molecule has 0 bridgehead atoms. The summed E-state index contributed by atoms with van der Waals surface area (Å²) in [7, 11) is -9.18. The van der Waals surface area contributed by atoms with E-state index in [4.69, 9.17) is 0 Å². The van der Waals surface area contributed by atoms with E-state index < -0.39 is 20.2 Å². The fourth-order valence-electron chi connectivity index (χ4n) is 2.14. The average Bonchev–Trinajstić information content (AvgIpc) is 2.52. The Kier molecular flexibility index (Phi) is 8.22. The molecule has 0 aliphatic rings. The van der Waals surface area contributed by atoms with Crippen LogP contribution in [0.5, 0.6) is 0 Å². The molecule has 0 amide bonds. The molecule has 0 aromatic heterocycles. The molecule has 0 radical (unpaired) electrons. The molecule has 9 heteroatoms. The summed E-state index contributed by atoms with van der Waals surface area (Å²) >= 11 is 0. The van der Waals surface area contributed by atoms with E-state index >= 15 is 0 Å². The maximum atomic E-state index is 11.3. The molecule has 26 heavy (non-hydrogen) atoms. The van der Waals surface area contributed by atoms with Crippen molar-refractivity contribution in [1.82, 2.24) is 0 Å². The van der Waals surface area contributed by atoms with Gasteiger partial charge in [0.15, 0.2) is 0 Å². The average molecular weight is 419 g/mol. The van der Waals surface area contributed by atoms with Gasteiger partial charge in [0.25, 0.3) is 0 Å². The van der Waals surface area contributed by atoms with Gasteiger partial charge in [-0.15, -0.1) is 0 Å². The molecule has 0 saturated heterocycles. The van der Waals surface area contributed by atoms with Crippen LogP contribution in [0.2, 0.25) is 0 Å². The molecule has 0 unspecified atom stereocenters. The predicted octanol–water partition coefficient (Wildman–Crippen LogP) is 2.32. The Labute approximate surface area is 182 Å². The second-order valence-corrected chi connectivity index (χ2v) is 7.91. The SMILES string of the molecule is CC=Cc1cc(C=Cc2cccc(S(=O)(=O)[O-])c2)cc(S(=O)(=O)[O-])c1.[Ca+2]. The third kappa shape index (κ3) is 6.62.